The van der Waals surface area contributed by atoms with Crippen molar-refractivity contribution in [2.75, 3.05) is 18.5 Å². The van der Waals surface area contributed by atoms with Crippen molar-refractivity contribution >= 4 is 29.3 Å². The van der Waals surface area contributed by atoms with E-state index in [1.807, 2.05) is 0 Å². The number of esters is 2. The molecule has 1 aromatic heterocycles. The molecule has 1 amide bonds. The summed E-state index contributed by atoms with van der Waals surface area (Å²) in [7, 11) is 0. The number of aromatic nitrogens is 1. The molecule has 8 heteroatoms. The van der Waals surface area contributed by atoms with Gasteiger partial charge in [0.1, 0.15) is 5.69 Å². The minimum atomic E-state index is -0.722. The number of amides is 1. The Hall–Kier alpha value is -3.42. The van der Waals surface area contributed by atoms with Crippen molar-refractivity contribution in [3.05, 3.63) is 51.8 Å². The number of aromatic amines is 1. The summed E-state index contributed by atoms with van der Waals surface area (Å²) >= 11 is 0. The molecule has 3 rings (SSSR count). The van der Waals surface area contributed by atoms with Crippen LogP contribution >= 0.6 is 0 Å². The summed E-state index contributed by atoms with van der Waals surface area (Å²) in [5.41, 5.74) is 3.29. The standard InChI is InChI=1S/C21H22N2O6/c1-4-28-20(26)18-11(2)19(22-12(18)3)21(27)29-10-16(24)14-5-7-15-13(9-14)6-8-17(25)23-15/h5,7,9,22H,4,6,8,10H2,1-3H3,(H,23,25). The monoisotopic (exact) mass is 398 g/mol. The summed E-state index contributed by atoms with van der Waals surface area (Å²) in [6.07, 6.45) is 0.924. The fraction of sp³-hybridized carbons (Fsp3) is 0.333. The number of anilines is 1. The topological polar surface area (TPSA) is 115 Å². The Morgan fingerprint density at radius 3 is 2.55 bits per heavy atom. The highest BCUT2D eigenvalue weighted by Gasteiger charge is 2.24. The zero-order valence-corrected chi connectivity index (χ0v) is 16.5. The van der Waals surface area contributed by atoms with E-state index in [2.05, 4.69) is 10.3 Å². The van der Waals surface area contributed by atoms with E-state index < -0.39 is 18.5 Å². The number of H-pyrrole nitrogens is 1. The second-order valence-electron chi connectivity index (χ2n) is 6.76. The molecule has 0 unspecified atom stereocenters. The maximum absolute atomic E-state index is 12.4. The Bertz CT molecular complexity index is 1000. The lowest BCUT2D eigenvalue weighted by molar-refractivity contribution is -0.116. The van der Waals surface area contributed by atoms with Gasteiger partial charge < -0.3 is 19.8 Å². The Balaban J connectivity index is 1.68. The number of aryl methyl sites for hydroxylation is 2. The molecule has 0 saturated heterocycles. The van der Waals surface area contributed by atoms with Gasteiger partial charge in [-0.3, -0.25) is 9.59 Å². The summed E-state index contributed by atoms with van der Waals surface area (Å²) in [6, 6.07) is 4.96. The fourth-order valence-electron chi connectivity index (χ4n) is 3.31. The number of nitrogens with one attached hydrogen (secondary N) is 2. The van der Waals surface area contributed by atoms with Gasteiger partial charge in [0.15, 0.2) is 12.4 Å². The van der Waals surface area contributed by atoms with Crippen LogP contribution in [-0.4, -0.2) is 41.8 Å². The van der Waals surface area contributed by atoms with E-state index in [9.17, 15) is 19.2 Å². The lowest BCUT2D eigenvalue weighted by Gasteiger charge is -2.17. The number of carbonyl (C=O) groups excluding carboxylic acids is 4. The zero-order valence-electron chi connectivity index (χ0n) is 16.5. The van der Waals surface area contributed by atoms with Gasteiger partial charge in [-0.05, 0) is 56.5 Å². The second-order valence-corrected chi connectivity index (χ2v) is 6.76. The van der Waals surface area contributed by atoms with Crippen LogP contribution in [-0.2, 0) is 20.7 Å². The quantitative estimate of drug-likeness (QED) is 0.571. The predicted octanol–water partition coefficient (Wildman–Crippen LogP) is 2.73. The molecular weight excluding hydrogens is 376 g/mol. The van der Waals surface area contributed by atoms with Crippen molar-refractivity contribution in [3.63, 3.8) is 0 Å². The molecule has 0 radical (unpaired) electrons. The third-order valence-electron chi connectivity index (χ3n) is 4.78. The third-order valence-corrected chi connectivity index (χ3v) is 4.78. The molecule has 2 aromatic rings. The molecule has 0 atom stereocenters. The van der Waals surface area contributed by atoms with Crippen LogP contribution in [0.15, 0.2) is 18.2 Å². The van der Waals surface area contributed by atoms with Gasteiger partial charge in [0, 0.05) is 23.4 Å². The van der Waals surface area contributed by atoms with Crippen LogP contribution in [0.4, 0.5) is 5.69 Å². The number of fused-ring (bicyclic) bond motifs is 1. The highest BCUT2D eigenvalue weighted by atomic mass is 16.5. The van der Waals surface area contributed by atoms with E-state index in [-0.39, 0.29) is 24.0 Å². The summed E-state index contributed by atoms with van der Waals surface area (Å²) in [5, 5.41) is 2.75. The Morgan fingerprint density at radius 1 is 1.07 bits per heavy atom. The molecule has 0 aliphatic carbocycles. The summed E-state index contributed by atoms with van der Waals surface area (Å²) in [5.74, 6) is -1.65. The van der Waals surface area contributed by atoms with Crippen LogP contribution in [0.25, 0.3) is 0 Å². The third kappa shape index (κ3) is 4.21. The molecule has 0 fully saturated rings. The van der Waals surface area contributed by atoms with Gasteiger partial charge in [0.25, 0.3) is 0 Å². The largest absolute Gasteiger partial charge is 0.462 e. The molecular formula is C21H22N2O6. The minimum absolute atomic E-state index is 0.0516. The van der Waals surface area contributed by atoms with E-state index in [1.54, 1.807) is 39.0 Å². The van der Waals surface area contributed by atoms with Gasteiger partial charge in [-0.15, -0.1) is 0 Å². The van der Waals surface area contributed by atoms with Crippen LogP contribution < -0.4 is 5.32 Å². The minimum Gasteiger partial charge on any atom is -0.462 e. The van der Waals surface area contributed by atoms with Gasteiger partial charge in [-0.25, -0.2) is 9.59 Å². The normalized spacial score (nSPS) is 12.7. The molecule has 2 N–H and O–H groups in total. The van der Waals surface area contributed by atoms with Gasteiger partial charge in [0.2, 0.25) is 5.91 Å². The molecule has 1 aromatic carbocycles. The summed E-state index contributed by atoms with van der Waals surface area (Å²) in [4.78, 5) is 51.1. The van der Waals surface area contributed by atoms with E-state index in [4.69, 9.17) is 9.47 Å². The number of rotatable bonds is 6. The Labute approximate surface area is 167 Å². The van der Waals surface area contributed by atoms with Crippen molar-refractivity contribution in [1.82, 2.24) is 4.98 Å². The van der Waals surface area contributed by atoms with Gasteiger partial charge in [-0.1, -0.05) is 0 Å². The highest BCUT2D eigenvalue weighted by Crippen LogP contribution is 2.24. The van der Waals surface area contributed by atoms with E-state index >= 15 is 0 Å². The first-order valence-electron chi connectivity index (χ1n) is 9.31. The molecule has 152 valence electrons. The number of carbonyl (C=O) groups is 4. The Morgan fingerprint density at radius 2 is 1.83 bits per heavy atom. The molecule has 1 aliphatic rings. The number of hydrogen-bond acceptors (Lipinski definition) is 6. The molecule has 8 nitrogen and oxygen atoms in total. The van der Waals surface area contributed by atoms with Crippen LogP contribution in [0, 0.1) is 13.8 Å². The van der Waals surface area contributed by atoms with E-state index in [0.717, 1.165) is 5.56 Å². The predicted molar refractivity (Wildman–Crippen MR) is 104 cm³/mol. The van der Waals surface area contributed by atoms with Crippen LogP contribution in [0.3, 0.4) is 0 Å². The van der Waals surface area contributed by atoms with Crippen LogP contribution in [0.1, 0.15) is 61.4 Å². The number of ether oxygens (including phenoxy) is 2. The molecule has 0 spiro atoms. The van der Waals surface area contributed by atoms with Crippen molar-refractivity contribution in [1.29, 1.82) is 0 Å². The molecule has 29 heavy (non-hydrogen) atoms. The molecule has 0 saturated carbocycles. The first-order valence-corrected chi connectivity index (χ1v) is 9.31. The van der Waals surface area contributed by atoms with Crippen molar-refractivity contribution in [3.8, 4) is 0 Å². The highest BCUT2D eigenvalue weighted by molar-refractivity contribution is 6.02. The zero-order chi connectivity index (χ0) is 21.1. The second kappa shape index (κ2) is 8.30. The lowest BCUT2D eigenvalue weighted by Crippen LogP contribution is -2.20. The maximum Gasteiger partial charge on any atom is 0.355 e. The van der Waals surface area contributed by atoms with E-state index in [0.29, 0.717) is 40.9 Å². The van der Waals surface area contributed by atoms with E-state index in [1.165, 1.54) is 0 Å². The summed E-state index contributed by atoms with van der Waals surface area (Å²) in [6.45, 7) is 4.77. The molecule has 0 bridgehead atoms. The SMILES string of the molecule is CCOC(=O)c1c(C)[nH]c(C(=O)OCC(=O)c2ccc3c(c2)CCC(=O)N3)c1C. The van der Waals surface area contributed by atoms with Crippen molar-refractivity contribution < 1.29 is 28.7 Å². The Kier molecular flexibility index (Phi) is 5.81. The lowest BCUT2D eigenvalue weighted by atomic mass is 9.99. The first kappa shape index (κ1) is 20.3. The number of Topliss-reactive ketones (excluding diaryl/α,β-unsaturated/α-hetero) is 1. The molecule has 1 aliphatic heterocycles. The van der Waals surface area contributed by atoms with Crippen molar-refractivity contribution in [2.24, 2.45) is 0 Å². The number of hydrogen-bond donors (Lipinski definition) is 2. The average molecular weight is 398 g/mol. The average Bonchev–Trinajstić information content (AvgIpc) is 2.99. The van der Waals surface area contributed by atoms with Crippen LogP contribution in [0.2, 0.25) is 0 Å². The maximum atomic E-state index is 12.4. The smallest absolute Gasteiger partial charge is 0.355 e. The molecule has 2 heterocycles. The van der Waals surface area contributed by atoms with Gasteiger partial charge in [-0.2, -0.15) is 0 Å². The number of ketones is 1. The van der Waals surface area contributed by atoms with Gasteiger partial charge in [0.05, 0.1) is 12.2 Å². The number of benzene rings is 1. The van der Waals surface area contributed by atoms with Gasteiger partial charge >= 0.3 is 11.9 Å². The van der Waals surface area contributed by atoms with Crippen molar-refractivity contribution in [2.45, 2.75) is 33.6 Å². The first-order chi connectivity index (χ1) is 13.8. The summed E-state index contributed by atoms with van der Waals surface area (Å²) < 4.78 is 10.2. The van der Waals surface area contributed by atoms with Crippen LogP contribution in [0.5, 0.6) is 0 Å². The fourth-order valence-corrected chi connectivity index (χ4v) is 3.31.